The van der Waals surface area contributed by atoms with Gasteiger partial charge in [-0.3, -0.25) is 0 Å². The third-order valence-electron chi connectivity index (χ3n) is 2.68. The maximum Gasteiger partial charge on any atom is 0.0810 e. The first-order valence-corrected chi connectivity index (χ1v) is 3.84. The minimum Gasteiger partial charge on any atom is -0.380 e. The van der Waals surface area contributed by atoms with E-state index in [2.05, 4.69) is 6.07 Å². The molecule has 0 aromatic rings. The Morgan fingerprint density at radius 3 is 3.20 bits per heavy atom. The molecular weight excluding hydrogens is 126 g/mol. The van der Waals surface area contributed by atoms with E-state index in [1.54, 1.807) is 0 Å². The lowest BCUT2D eigenvalue weighted by Gasteiger charge is -2.25. The molecule has 0 amide bonds. The highest BCUT2D eigenvalue weighted by Gasteiger charge is 2.43. The van der Waals surface area contributed by atoms with Crippen molar-refractivity contribution in [2.75, 3.05) is 13.2 Å². The molecule has 2 rings (SSSR count). The Labute approximate surface area is 60.8 Å². The zero-order chi connectivity index (χ0) is 7.03. The summed E-state index contributed by atoms with van der Waals surface area (Å²) in [7, 11) is 0. The van der Waals surface area contributed by atoms with E-state index in [0.717, 1.165) is 19.4 Å². The molecule has 1 heterocycles. The fraction of sp³-hybridized carbons (Fsp3) is 0.875. The van der Waals surface area contributed by atoms with Crippen molar-refractivity contribution in [2.45, 2.75) is 19.3 Å². The molecule has 2 fully saturated rings. The lowest BCUT2D eigenvalue weighted by Crippen LogP contribution is -2.27. The Kier molecular flexibility index (Phi) is 1.21. The van der Waals surface area contributed by atoms with Gasteiger partial charge in [0.1, 0.15) is 0 Å². The lowest BCUT2D eigenvalue weighted by atomic mass is 9.87. The van der Waals surface area contributed by atoms with Gasteiger partial charge in [-0.1, -0.05) is 0 Å². The average Bonchev–Trinajstić information content (AvgIpc) is 2.29. The first-order valence-electron chi connectivity index (χ1n) is 3.84. The van der Waals surface area contributed by atoms with Crippen LogP contribution in [-0.4, -0.2) is 13.2 Å². The number of hydrogen-bond donors (Lipinski definition) is 0. The first kappa shape index (κ1) is 6.18. The summed E-state index contributed by atoms with van der Waals surface area (Å²) in [4.78, 5) is 0. The molecule has 54 valence electrons. The fourth-order valence-electron chi connectivity index (χ4n) is 2.07. The lowest BCUT2D eigenvalue weighted by molar-refractivity contribution is 0.0209. The Morgan fingerprint density at radius 2 is 2.50 bits per heavy atom. The Morgan fingerprint density at radius 1 is 1.60 bits per heavy atom. The van der Waals surface area contributed by atoms with E-state index < -0.39 is 0 Å². The second kappa shape index (κ2) is 1.96. The summed E-state index contributed by atoms with van der Waals surface area (Å²) >= 11 is 0. The summed E-state index contributed by atoms with van der Waals surface area (Å²) in [5.74, 6) is 0.688. The van der Waals surface area contributed by atoms with Gasteiger partial charge in [-0.15, -0.1) is 0 Å². The number of rotatable bonds is 0. The van der Waals surface area contributed by atoms with Crippen LogP contribution in [0.5, 0.6) is 0 Å². The van der Waals surface area contributed by atoms with E-state index in [1.807, 2.05) is 0 Å². The Bertz CT molecular complexity index is 180. The van der Waals surface area contributed by atoms with E-state index >= 15 is 0 Å². The maximum atomic E-state index is 8.84. The maximum absolute atomic E-state index is 8.84. The van der Waals surface area contributed by atoms with Crippen molar-refractivity contribution in [2.24, 2.45) is 11.3 Å². The summed E-state index contributed by atoms with van der Waals surface area (Å²) in [5, 5.41) is 8.84. The summed E-state index contributed by atoms with van der Waals surface area (Å²) in [6.45, 7) is 1.57. The molecule has 0 aromatic carbocycles. The highest BCUT2D eigenvalue weighted by Crippen LogP contribution is 2.44. The predicted octanol–water partition coefficient (Wildman–Crippen LogP) is 1.33. The molecule has 0 aromatic heterocycles. The van der Waals surface area contributed by atoms with Gasteiger partial charge in [-0.2, -0.15) is 5.26 Å². The van der Waals surface area contributed by atoms with E-state index in [1.165, 1.54) is 6.42 Å². The minimum absolute atomic E-state index is 0.0804. The normalized spacial score (nSPS) is 44.9. The first-order chi connectivity index (χ1) is 4.85. The van der Waals surface area contributed by atoms with Gasteiger partial charge in [-0.05, 0) is 25.2 Å². The average molecular weight is 137 g/mol. The van der Waals surface area contributed by atoms with Crippen molar-refractivity contribution in [3.63, 3.8) is 0 Å². The number of nitrogens with zero attached hydrogens (tertiary/aromatic N) is 1. The van der Waals surface area contributed by atoms with E-state index in [-0.39, 0.29) is 5.41 Å². The molecule has 1 saturated heterocycles. The van der Waals surface area contributed by atoms with Crippen molar-refractivity contribution >= 4 is 0 Å². The predicted molar refractivity (Wildman–Crippen MR) is 36.2 cm³/mol. The summed E-state index contributed by atoms with van der Waals surface area (Å²) in [6.07, 6.45) is 3.35. The molecule has 0 N–H and O–H groups in total. The summed E-state index contributed by atoms with van der Waals surface area (Å²) < 4.78 is 5.33. The van der Waals surface area contributed by atoms with Gasteiger partial charge >= 0.3 is 0 Å². The quantitative estimate of drug-likeness (QED) is 0.504. The fourth-order valence-corrected chi connectivity index (χ4v) is 2.07. The van der Waals surface area contributed by atoms with E-state index in [0.29, 0.717) is 12.5 Å². The molecule has 0 spiro atoms. The minimum atomic E-state index is -0.0804. The second-order valence-corrected chi connectivity index (χ2v) is 3.52. The van der Waals surface area contributed by atoms with Crippen LogP contribution in [0.4, 0.5) is 0 Å². The number of nitriles is 1. The molecule has 2 unspecified atom stereocenters. The van der Waals surface area contributed by atoms with Gasteiger partial charge < -0.3 is 4.74 Å². The van der Waals surface area contributed by atoms with Crippen LogP contribution >= 0.6 is 0 Å². The smallest absolute Gasteiger partial charge is 0.0810 e. The van der Waals surface area contributed by atoms with Crippen LogP contribution in [0.1, 0.15) is 19.3 Å². The molecule has 1 aliphatic heterocycles. The number of hydrogen-bond acceptors (Lipinski definition) is 2. The summed E-state index contributed by atoms with van der Waals surface area (Å²) in [6, 6.07) is 2.38. The topological polar surface area (TPSA) is 33.0 Å². The van der Waals surface area contributed by atoms with Crippen LogP contribution in [0.2, 0.25) is 0 Å². The molecule has 2 bridgehead atoms. The van der Waals surface area contributed by atoms with Gasteiger partial charge in [0, 0.05) is 6.61 Å². The molecule has 2 nitrogen and oxygen atoms in total. The second-order valence-electron chi connectivity index (χ2n) is 3.52. The standard InChI is InChI=1S/C8H11NO/c9-5-8-2-1-7(3-8)4-10-6-8/h7H,1-4,6H2. The third kappa shape index (κ3) is 0.741. The monoisotopic (exact) mass is 137 g/mol. The highest BCUT2D eigenvalue weighted by atomic mass is 16.5. The largest absolute Gasteiger partial charge is 0.380 e. The zero-order valence-corrected chi connectivity index (χ0v) is 5.97. The third-order valence-corrected chi connectivity index (χ3v) is 2.68. The van der Waals surface area contributed by atoms with Gasteiger partial charge in [0.25, 0.3) is 0 Å². The van der Waals surface area contributed by atoms with Crippen LogP contribution in [0, 0.1) is 22.7 Å². The molecule has 2 atom stereocenters. The van der Waals surface area contributed by atoms with Crippen LogP contribution < -0.4 is 0 Å². The van der Waals surface area contributed by atoms with E-state index in [9.17, 15) is 0 Å². The molecule has 1 saturated carbocycles. The van der Waals surface area contributed by atoms with Gasteiger partial charge in [0.05, 0.1) is 18.1 Å². The summed E-state index contributed by atoms with van der Waals surface area (Å²) in [5.41, 5.74) is -0.0804. The van der Waals surface area contributed by atoms with Crippen molar-refractivity contribution in [1.82, 2.24) is 0 Å². The number of fused-ring (bicyclic) bond motifs is 2. The van der Waals surface area contributed by atoms with Gasteiger partial charge in [0.2, 0.25) is 0 Å². The molecular formula is C8H11NO. The Hall–Kier alpha value is -0.550. The van der Waals surface area contributed by atoms with Crippen LogP contribution in [0.3, 0.4) is 0 Å². The van der Waals surface area contributed by atoms with Crippen molar-refractivity contribution in [1.29, 1.82) is 5.26 Å². The van der Waals surface area contributed by atoms with Crippen molar-refractivity contribution in [3.8, 4) is 6.07 Å². The SMILES string of the molecule is N#CC12CCC(COC1)C2. The molecule has 1 aliphatic carbocycles. The molecule has 10 heavy (non-hydrogen) atoms. The van der Waals surface area contributed by atoms with Crippen LogP contribution in [0.15, 0.2) is 0 Å². The van der Waals surface area contributed by atoms with E-state index in [4.69, 9.17) is 10.00 Å². The van der Waals surface area contributed by atoms with Gasteiger partial charge in [-0.25, -0.2) is 0 Å². The molecule has 0 radical (unpaired) electrons. The Balaban J connectivity index is 2.19. The molecule has 2 aliphatic rings. The van der Waals surface area contributed by atoms with Crippen LogP contribution in [-0.2, 0) is 4.74 Å². The van der Waals surface area contributed by atoms with Crippen LogP contribution in [0.25, 0.3) is 0 Å². The number of ether oxygens (including phenoxy) is 1. The van der Waals surface area contributed by atoms with Crippen molar-refractivity contribution < 1.29 is 4.74 Å². The zero-order valence-electron chi connectivity index (χ0n) is 5.97. The molecule has 2 heteroatoms. The van der Waals surface area contributed by atoms with Gasteiger partial charge in [0.15, 0.2) is 0 Å². The highest BCUT2D eigenvalue weighted by molar-refractivity contribution is 5.05. The van der Waals surface area contributed by atoms with Crippen molar-refractivity contribution in [3.05, 3.63) is 0 Å².